The smallest absolute Gasteiger partial charge is 0.328 e. The summed E-state index contributed by atoms with van der Waals surface area (Å²) >= 11 is 0. The number of halogens is 1. The number of nitrogens with one attached hydrogen (secondary N) is 1. The van der Waals surface area contributed by atoms with Crippen LogP contribution in [-0.4, -0.2) is 75.2 Å². The first-order valence-corrected chi connectivity index (χ1v) is 10.0. The third kappa shape index (κ3) is 6.98. The molecule has 2 rings (SSSR count). The van der Waals surface area contributed by atoms with Crippen LogP contribution in [0.25, 0.3) is 0 Å². The van der Waals surface area contributed by atoms with Crippen molar-refractivity contribution in [3.63, 3.8) is 0 Å². The van der Waals surface area contributed by atoms with Gasteiger partial charge in [0, 0.05) is 26.2 Å². The molecule has 1 N–H and O–H groups in total. The molecule has 1 aliphatic rings. The maximum Gasteiger partial charge on any atom is 0.328 e. The number of para-hydroxylation sites is 1. The first-order valence-electron chi connectivity index (χ1n) is 10.0. The van der Waals surface area contributed by atoms with Crippen molar-refractivity contribution in [2.45, 2.75) is 26.3 Å². The van der Waals surface area contributed by atoms with E-state index in [0.717, 1.165) is 0 Å². The van der Waals surface area contributed by atoms with Gasteiger partial charge in [0.05, 0.1) is 12.8 Å². The largest absolute Gasteiger partial charge is 0.467 e. The second-order valence-corrected chi connectivity index (χ2v) is 7.58. The second-order valence-electron chi connectivity index (χ2n) is 7.58. The van der Waals surface area contributed by atoms with Crippen LogP contribution < -0.4 is 10.2 Å². The van der Waals surface area contributed by atoms with Crippen molar-refractivity contribution in [2.24, 2.45) is 5.92 Å². The van der Waals surface area contributed by atoms with Gasteiger partial charge in [0.25, 0.3) is 0 Å². The third-order valence-corrected chi connectivity index (χ3v) is 4.81. The number of amides is 2. The molecule has 0 bridgehead atoms. The Labute approximate surface area is 176 Å². The van der Waals surface area contributed by atoms with Crippen molar-refractivity contribution in [3.8, 4) is 0 Å². The number of carbonyl (C=O) groups is 3. The molecule has 9 heteroatoms. The van der Waals surface area contributed by atoms with E-state index < -0.39 is 17.9 Å². The molecule has 0 radical (unpaired) electrons. The fourth-order valence-corrected chi connectivity index (χ4v) is 3.29. The van der Waals surface area contributed by atoms with Crippen LogP contribution >= 0.6 is 0 Å². The van der Waals surface area contributed by atoms with Gasteiger partial charge in [-0.2, -0.15) is 0 Å². The molecule has 0 unspecified atom stereocenters. The first-order chi connectivity index (χ1) is 14.3. The van der Waals surface area contributed by atoms with Gasteiger partial charge in [0.2, 0.25) is 11.8 Å². The number of ether oxygens (including phenoxy) is 2. The second kappa shape index (κ2) is 11.5. The Morgan fingerprint density at radius 1 is 1.10 bits per heavy atom. The lowest BCUT2D eigenvalue weighted by molar-refractivity contribution is -0.147. The zero-order valence-electron chi connectivity index (χ0n) is 17.7. The summed E-state index contributed by atoms with van der Waals surface area (Å²) in [5.41, 5.74) is 0.527. The van der Waals surface area contributed by atoms with Crippen LogP contribution in [0.1, 0.15) is 20.3 Å². The summed E-state index contributed by atoms with van der Waals surface area (Å²) in [7, 11) is 1.27. The fraction of sp³-hybridized carbons (Fsp3) is 0.571. The highest BCUT2D eigenvalue weighted by Gasteiger charge is 2.24. The van der Waals surface area contributed by atoms with E-state index in [-0.39, 0.29) is 30.9 Å². The highest BCUT2D eigenvalue weighted by atomic mass is 19.1. The van der Waals surface area contributed by atoms with E-state index in [1.807, 2.05) is 18.7 Å². The van der Waals surface area contributed by atoms with Crippen molar-refractivity contribution < 1.29 is 28.2 Å². The van der Waals surface area contributed by atoms with Crippen LogP contribution in [0, 0.1) is 11.7 Å². The Hall–Kier alpha value is -2.68. The number of anilines is 1. The van der Waals surface area contributed by atoms with Crippen molar-refractivity contribution in [1.82, 2.24) is 10.2 Å². The fourth-order valence-electron chi connectivity index (χ4n) is 3.29. The first kappa shape index (κ1) is 23.6. The lowest BCUT2D eigenvalue weighted by Gasteiger charge is -2.36. The van der Waals surface area contributed by atoms with Crippen molar-refractivity contribution in [1.29, 1.82) is 0 Å². The van der Waals surface area contributed by atoms with E-state index in [9.17, 15) is 18.8 Å². The van der Waals surface area contributed by atoms with Crippen LogP contribution in [0.3, 0.4) is 0 Å². The standard InChI is InChI=1S/C21H30FN3O5/c1-15(2)12-17(21(28)29-3)23-19(26)13-30-14-20(27)25-10-8-24(9-11-25)18-7-5-4-6-16(18)22/h4-7,15,17H,8-14H2,1-3H3,(H,23,26)/t17-/m0/s1. The topological polar surface area (TPSA) is 88.2 Å². The Morgan fingerprint density at radius 2 is 1.77 bits per heavy atom. The summed E-state index contributed by atoms with van der Waals surface area (Å²) in [4.78, 5) is 39.6. The Kier molecular flexibility index (Phi) is 9.04. The quantitative estimate of drug-likeness (QED) is 0.601. The van der Waals surface area contributed by atoms with E-state index in [1.165, 1.54) is 13.2 Å². The van der Waals surface area contributed by atoms with Crippen molar-refractivity contribution >= 4 is 23.5 Å². The summed E-state index contributed by atoms with van der Waals surface area (Å²) in [5, 5.41) is 2.58. The monoisotopic (exact) mass is 423 g/mol. The molecule has 1 atom stereocenters. The lowest BCUT2D eigenvalue weighted by Crippen LogP contribution is -2.50. The molecule has 1 heterocycles. The van der Waals surface area contributed by atoms with Gasteiger partial charge >= 0.3 is 5.97 Å². The number of esters is 1. The normalized spacial score (nSPS) is 15.1. The third-order valence-electron chi connectivity index (χ3n) is 4.81. The molecule has 0 saturated carbocycles. The highest BCUT2D eigenvalue weighted by Crippen LogP contribution is 2.20. The molecular formula is C21H30FN3O5. The highest BCUT2D eigenvalue weighted by molar-refractivity contribution is 5.85. The number of carbonyl (C=O) groups excluding carboxylic acids is 3. The number of benzene rings is 1. The molecule has 30 heavy (non-hydrogen) atoms. The van der Waals surface area contributed by atoms with Crippen LogP contribution in [0.4, 0.5) is 10.1 Å². The molecule has 0 aromatic heterocycles. The summed E-state index contributed by atoms with van der Waals surface area (Å²) < 4.78 is 23.8. The van der Waals surface area contributed by atoms with Crippen LogP contribution in [0.5, 0.6) is 0 Å². The Bertz CT molecular complexity index is 735. The van der Waals surface area contributed by atoms with Gasteiger partial charge < -0.3 is 24.6 Å². The molecule has 1 aliphatic heterocycles. The van der Waals surface area contributed by atoms with Crippen LogP contribution in [0.2, 0.25) is 0 Å². The lowest BCUT2D eigenvalue weighted by atomic mass is 10.0. The molecule has 166 valence electrons. The van der Waals surface area contributed by atoms with E-state index in [2.05, 4.69) is 5.32 Å². The maximum atomic E-state index is 13.9. The van der Waals surface area contributed by atoms with E-state index in [1.54, 1.807) is 23.1 Å². The van der Waals surface area contributed by atoms with E-state index >= 15 is 0 Å². The molecule has 1 aromatic carbocycles. The molecule has 0 aliphatic carbocycles. The molecule has 2 amide bonds. The van der Waals surface area contributed by atoms with Crippen LogP contribution in [-0.2, 0) is 23.9 Å². The van der Waals surface area contributed by atoms with Gasteiger partial charge in [-0.05, 0) is 24.5 Å². The molecule has 1 aromatic rings. The van der Waals surface area contributed by atoms with Crippen LogP contribution in [0.15, 0.2) is 24.3 Å². The summed E-state index contributed by atoms with van der Waals surface area (Å²) in [6.45, 7) is 5.23. The summed E-state index contributed by atoms with van der Waals surface area (Å²) in [6, 6.07) is 5.81. The number of hydrogen-bond donors (Lipinski definition) is 1. The van der Waals surface area contributed by atoms with E-state index in [4.69, 9.17) is 9.47 Å². The molecular weight excluding hydrogens is 393 g/mol. The molecule has 1 saturated heterocycles. The average Bonchev–Trinajstić information content (AvgIpc) is 2.72. The van der Waals surface area contributed by atoms with Crippen molar-refractivity contribution in [3.05, 3.63) is 30.1 Å². The predicted octanol–water partition coefficient (Wildman–Crippen LogP) is 1.19. The zero-order chi connectivity index (χ0) is 22.1. The molecule has 0 spiro atoms. The van der Waals surface area contributed by atoms with Gasteiger partial charge in [0.15, 0.2) is 0 Å². The summed E-state index contributed by atoms with van der Waals surface area (Å²) in [6.07, 6.45) is 0.448. The summed E-state index contributed by atoms with van der Waals surface area (Å²) in [5.74, 6) is -1.32. The Morgan fingerprint density at radius 3 is 2.37 bits per heavy atom. The minimum Gasteiger partial charge on any atom is -0.467 e. The SMILES string of the molecule is COC(=O)[C@H](CC(C)C)NC(=O)COCC(=O)N1CCN(c2ccccc2F)CC1. The van der Waals surface area contributed by atoms with Gasteiger partial charge in [-0.1, -0.05) is 26.0 Å². The van der Waals surface area contributed by atoms with Gasteiger partial charge in [-0.25, -0.2) is 9.18 Å². The maximum absolute atomic E-state index is 13.9. The van der Waals surface area contributed by atoms with Gasteiger partial charge in [0.1, 0.15) is 25.1 Å². The van der Waals surface area contributed by atoms with Crippen molar-refractivity contribution in [2.75, 3.05) is 51.4 Å². The predicted molar refractivity (Wildman–Crippen MR) is 109 cm³/mol. The average molecular weight is 423 g/mol. The number of piperazine rings is 1. The van der Waals surface area contributed by atoms with Gasteiger partial charge in [-0.15, -0.1) is 0 Å². The number of hydrogen-bond acceptors (Lipinski definition) is 6. The Balaban J connectivity index is 1.72. The van der Waals surface area contributed by atoms with Gasteiger partial charge in [-0.3, -0.25) is 9.59 Å². The minimum absolute atomic E-state index is 0.194. The number of methoxy groups -OCH3 is 1. The number of nitrogens with zero attached hydrogens (tertiary/aromatic N) is 2. The molecule has 8 nitrogen and oxygen atoms in total. The number of rotatable bonds is 9. The zero-order valence-corrected chi connectivity index (χ0v) is 17.7. The minimum atomic E-state index is -0.742. The molecule has 1 fully saturated rings. The van der Waals surface area contributed by atoms with E-state index in [0.29, 0.717) is 38.3 Å².